The van der Waals surface area contributed by atoms with Gasteiger partial charge < -0.3 is 20.9 Å². The lowest BCUT2D eigenvalue weighted by Crippen LogP contribution is -2.53. The molecule has 0 spiro atoms. The molecular formula is C14H20N4O2. The summed E-state index contributed by atoms with van der Waals surface area (Å²) >= 11 is 0. The zero-order valence-electron chi connectivity index (χ0n) is 11.4. The van der Waals surface area contributed by atoms with Crippen LogP contribution in [0.25, 0.3) is 0 Å². The average Bonchev–Trinajstić information content (AvgIpc) is 2.53. The fraction of sp³-hybridized carbons (Fsp3) is 0.429. The molecule has 0 atom stereocenters. The van der Waals surface area contributed by atoms with Gasteiger partial charge in [0.2, 0.25) is 0 Å². The number of rotatable bonds is 3. The zero-order chi connectivity index (χ0) is 14.4. The van der Waals surface area contributed by atoms with Crippen LogP contribution in [0.2, 0.25) is 0 Å². The molecule has 0 saturated carbocycles. The summed E-state index contributed by atoms with van der Waals surface area (Å²) in [4.78, 5) is 27.3. The third kappa shape index (κ3) is 3.48. The Balaban J connectivity index is 1.85. The quantitative estimate of drug-likeness (QED) is 0.723. The van der Waals surface area contributed by atoms with E-state index in [1.54, 1.807) is 4.90 Å². The van der Waals surface area contributed by atoms with Gasteiger partial charge in [0.1, 0.15) is 0 Å². The number of anilines is 1. The molecule has 6 nitrogen and oxygen atoms in total. The summed E-state index contributed by atoms with van der Waals surface area (Å²) < 4.78 is 0. The van der Waals surface area contributed by atoms with Crippen molar-refractivity contribution < 1.29 is 9.59 Å². The molecule has 0 unspecified atom stereocenters. The highest BCUT2D eigenvalue weighted by atomic mass is 16.2. The zero-order valence-corrected chi connectivity index (χ0v) is 11.4. The summed E-state index contributed by atoms with van der Waals surface area (Å²) in [5.41, 5.74) is 6.44. The van der Waals surface area contributed by atoms with Gasteiger partial charge in [-0.3, -0.25) is 9.59 Å². The summed E-state index contributed by atoms with van der Waals surface area (Å²) in [5, 5.41) is 2.50. The van der Waals surface area contributed by atoms with Crippen LogP contribution in [0.5, 0.6) is 0 Å². The number of hydrogen-bond acceptors (Lipinski definition) is 4. The van der Waals surface area contributed by atoms with Crippen molar-refractivity contribution in [2.45, 2.75) is 0 Å². The fourth-order valence-electron chi connectivity index (χ4n) is 2.21. The van der Waals surface area contributed by atoms with E-state index < -0.39 is 11.8 Å². The van der Waals surface area contributed by atoms with Crippen molar-refractivity contribution in [3.05, 3.63) is 30.3 Å². The van der Waals surface area contributed by atoms with Crippen molar-refractivity contribution in [1.29, 1.82) is 0 Å². The van der Waals surface area contributed by atoms with Gasteiger partial charge in [-0.2, -0.15) is 0 Å². The topological polar surface area (TPSA) is 78.7 Å². The van der Waals surface area contributed by atoms with Crippen LogP contribution in [0.15, 0.2) is 30.3 Å². The number of carbonyl (C=O) groups is 2. The minimum atomic E-state index is -0.566. The molecule has 6 heteroatoms. The van der Waals surface area contributed by atoms with Crippen LogP contribution in [-0.4, -0.2) is 56.0 Å². The molecule has 1 aliphatic heterocycles. The summed E-state index contributed by atoms with van der Waals surface area (Å²) in [6.07, 6.45) is 0. The van der Waals surface area contributed by atoms with Gasteiger partial charge in [0.25, 0.3) is 0 Å². The summed E-state index contributed by atoms with van der Waals surface area (Å²) in [5.74, 6) is -1.03. The first-order valence-corrected chi connectivity index (χ1v) is 6.79. The first kappa shape index (κ1) is 14.3. The maximum absolute atomic E-state index is 11.9. The van der Waals surface area contributed by atoms with E-state index in [2.05, 4.69) is 10.2 Å². The second kappa shape index (κ2) is 6.91. The normalized spacial score (nSPS) is 15.1. The van der Waals surface area contributed by atoms with Crippen LogP contribution in [0, 0.1) is 0 Å². The summed E-state index contributed by atoms with van der Waals surface area (Å²) in [6.45, 7) is 3.25. The van der Waals surface area contributed by atoms with Crippen molar-refractivity contribution in [3.63, 3.8) is 0 Å². The van der Waals surface area contributed by atoms with E-state index >= 15 is 0 Å². The van der Waals surface area contributed by atoms with Gasteiger partial charge >= 0.3 is 11.8 Å². The number of nitrogens with two attached hydrogens (primary N) is 1. The predicted octanol–water partition coefficient (Wildman–Crippen LogP) is -0.590. The van der Waals surface area contributed by atoms with Crippen LogP contribution >= 0.6 is 0 Å². The molecule has 1 heterocycles. The molecular weight excluding hydrogens is 256 g/mol. The molecule has 20 heavy (non-hydrogen) atoms. The number of carbonyl (C=O) groups excluding carboxylic acids is 2. The Bertz CT molecular complexity index is 456. The highest BCUT2D eigenvalue weighted by Gasteiger charge is 2.25. The molecule has 1 aromatic rings. The van der Waals surface area contributed by atoms with Gasteiger partial charge in [0.15, 0.2) is 0 Å². The van der Waals surface area contributed by atoms with E-state index in [-0.39, 0.29) is 0 Å². The van der Waals surface area contributed by atoms with E-state index in [1.165, 1.54) is 0 Å². The molecule has 1 fully saturated rings. The van der Waals surface area contributed by atoms with Gasteiger partial charge in [-0.15, -0.1) is 0 Å². The minimum absolute atomic E-state index is 0.328. The van der Waals surface area contributed by atoms with Crippen LogP contribution in [-0.2, 0) is 9.59 Å². The molecule has 3 N–H and O–H groups in total. The summed E-state index contributed by atoms with van der Waals surface area (Å²) in [7, 11) is 0. The highest BCUT2D eigenvalue weighted by molar-refractivity contribution is 6.35. The van der Waals surface area contributed by atoms with Gasteiger partial charge in [0, 0.05) is 45.0 Å². The Morgan fingerprint density at radius 1 is 1.10 bits per heavy atom. The van der Waals surface area contributed by atoms with E-state index in [1.807, 2.05) is 30.3 Å². The number of hydrogen-bond donors (Lipinski definition) is 2. The molecule has 0 bridgehead atoms. The Kier molecular flexibility index (Phi) is 4.95. The average molecular weight is 276 g/mol. The Labute approximate surface area is 118 Å². The van der Waals surface area contributed by atoms with Gasteiger partial charge in [-0.05, 0) is 12.1 Å². The van der Waals surface area contributed by atoms with Crippen molar-refractivity contribution >= 4 is 17.5 Å². The number of para-hydroxylation sites is 1. The third-order valence-electron chi connectivity index (χ3n) is 3.31. The smallest absolute Gasteiger partial charge is 0.312 e. The van der Waals surface area contributed by atoms with E-state index in [4.69, 9.17) is 5.73 Å². The van der Waals surface area contributed by atoms with Gasteiger partial charge in [-0.25, -0.2) is 0 Å². The Hall–Kier alpha value is -2.08. The SMILES string of the molecule is NCCNC(=O)C(=O)N1CCN(c2ccccc2)CC1. The molecule has 108 valence electrons. The van der Waals surface area contributed by atoms with Crippen molar-refractivity contribution in [3.8, 4) is 0 Å². The molecule has 0 radical (unpaired) electrons. The lowest BCUT2D eigenvalue weighted by atomic mass is 10.2. The minimum Gasteiger partial charge on any atom is -0.368 e. The first-order valence-electron chi connectivity index (χ1n) is 6.79. The maximum Gasteiger partial charge on any atom is 0.312 e. The molecule has 1 aliphatic rings. The number of benzene rings is 1. The lowest BCUT2D eigenvalue weighted by Gasteiger charge is -2.35. The first-order chi connectivity index (χ1) is 9.72. The van der Waals surface area contributed by atoms with Crippen molar-refractivity contribution in [2.24, 2.45) is 5.73 Å². The largest absolute Gasteiger partial charge is 0.368 e. The number of amides is 2. The molecule has 2 rings (SSSR count). The van der Waals surface area contributed by atoms with Crippen molar-refractivity contribution in [1.82, 2.24) is 10.2 Å². The molecule has 0 aliphatic carbocycles. The highest BCUT2D eigenvalue weighted by Crippen LogP contribution is 2.15. The second-order valence-electron chi connectivity index (χ2n) is 4.66. The molecule has 1 saturated heterocycles. The summed E-state index contributed by atoms with van der Waals surface area (Å²) in [6, 6.07) is 10.1. The Morgan fingerprint density at radius 3 is 2.35 bits per heavy atom. The predicted molar refractivity (Wildman–Crippen MR) is 77.3 cm³/mol. The number of piperazine rings is 1. The van der Waals surface area contributed by atoms with E-state index in [0.29, 0.717) is 26.2 Å². The van der Waals surface area contributed by atoms with Crippen LogP contribution < -0.4 is 16.0 Å². The van der Waals surface area contributed by atoms with E-state index in [9.17, 15) is 9.59 Å². The fourth-order valence-corrected chi connectivity index (χ4v) is 2.21. The molecule has 1 aromatic carbocycles. The van der Waals surface area contributed by atoms with Crippen molar-refractivity contribution in [2.75, 3.05) is 44.2 Å². The van der Waals surface area contributed by atoms with Crippen LogP contribution in [0.1, 0.15) is 0 Å². The van der Waals surface area contributed by atoms with E-state index in [0.717, 1.165) is 18.8 Å². The number of nitrogens with zero attached hydrogens (tertiary/aromatic N) is 2. The third-order valence-corrected chi connectivity index (χ3v) is 3.31. The Morgan fingerprint density at radius 2 is 1.75 bits per heavy atom. The maximum atomic E-state index is 11.9. The molecule has 2 amide bonds. The monoisotopic (exact) mass is 276 g/mol. The lowest BCUT2D eigenvalue weighted by molar-refractivity contribution is -0.146. The second-order valence-corrected chi connectivity index (χ2v) is 4.66. The standard InChI is InChI=1S/C14H20N4O2/c15-6-7-16-13(19)14(20)18-10-8-17(9-11-18)12-4-2-1-3-5-12/h1-5H,6-11,15H2,(H,16,19). The number of nitrogens with one attached hydrogen (secondary N) is 1. The van der Waals surface area contributed by atoms with Gasteiger partial charge in [-0.1, -0.05) is 18.2 Å². The van der Waals surface area contributed by atoms with Crippen LogP contribution in [0.4, 0.5) is 5.69 Å². The van der Waals surface area contributed by atoms with Crippen LogP contribution in [0.3, 0.4) is 0 Å². The molecule has 0 aromatic heterocycles. The van der Waals surface area contributed by atoms with Gasteiger partial charge in [0.05, 0.1) is 0 Å².